The summed E-state index contributed by atoms with van der Waals surface area (Å²) in [5, 5.41) is 0. The van der Waals surface area contributed by atoms with E-state index in [0.29, 0.717) is 0 Å². The minimum atomic E-state index is -0.388. The molecule has 0 atom stereocenters. The number of carbonyl (C=O) groups is 2. The maximum Gasteiger partial charge on any atom is 0.182 e. The number of piperidine rings is 1. The molecule has 0 N–H and O–H groups in total. The summed E-state index contributed by atoms with van der Waals surface area (Å²) in [6.07, 6.45) is 9.87. The first kappa shape index (κ1) is 43.0. The number of likely N-dealkylation sites (tertiary alicyclic amines) is 1. The van der Waals surface area contributed by atoms with Crippen molar-refractivity contribution in [1.82, 2.24) is 4.90 Å². The zero-order valence-corrected chi connectivity index (χ0v) is 31.3. The van der Waals surface area contributed by atoms with Crippen molar-refractivity contribution in [2.24, 2.45) is 0 Å². The van der Waals surface area contributed by atoms with E-state index >= 15 is 0 Å². The van der Waals surface area contributed by atoms with Gasteiger partial charge in [-0.3, -0.25) is 14.5 Å². The smallest absolute Gasteiger partial charge is 0.182 e. The van der Waals surface area contributed by atoms with E-state index in [4.69, 9.17) is 0 Å². The van der Waals surface area contributed by atoms with Gasteiger partial charge >= 0.3 is 0 Å². The molecular formula is C38H59N2O2S3+. The molecule has 0 amide bonds. The SMILES string of the molecule is C.CSc1ccc(C(=O)C(C)(C)N2CCCCC2)cc1.CSc1ccc(C(C)=O)cc1.CSc1ccc(C)cc1.C[N+](C)(C)C. The number of hydrogen-bond donors (Lipinski definition) is 0. The molecule has 0 bridgehead atoms. The Morgan fingerprint density at radius 1 is 0.644 bits per heavy atom. The number of nitrogens with zero attached hydrogens (tertiary/aromatic N) is 2. The summed E-state index contributed by atoms with van der Waals surface area (Å²) in [6.45, 7) is 9.88. The van der Waals surface area contributed by atoms with Crippen LogP contribution in [0.3, 0.4) is 0 Å². The van der Waals surface area contributed by atoms with Crippen LogP contribution in [0.1, 0.15) is 73.7 Å². The molecule has 1 saturated heterocycles. The minimum Gasteiger partial charge on any atom is -0.333 e. The maximum absolute atomic E-state index is 12.7. The van der Waals surface area contributed by atoms with Crippen LogP contribution in [-0.4, -0.2) is 86.5 Å². The lowest BCUT2D eigenvalue weighted by Crippen LogP contribution is -2.52. The van der Waals surface area contributed by atoms with Crippen molar-refractivity contribution < 1.29 is 14.1 Å². The molecule has 1 aliphatic heterocycles. The van der Waals surface area contributed by atoms with Crippen LogP contribution in [-0.2, 0) is 0 Å². The molecule has 4 rings (SSSR count). The Morgan fingerprint density at radius 3 is 1.31 bits per heavy atom. The number of rotatable bonds is 7. The molecule has 3 aromatic rings. The fourth-order valence-corrected chi connectivity index (χ4v) is 5.42. The Kier molecular flexibility index (Phi) is 20.7. The van der Waals surface area contributed by atoms with E-state index in [-0.39, 0.29) is 24.5 Å². The Hall–Kier alpha value is -2.03. The molecule has 1 aliphatic rings. The average molecular weight is 672 g/mol. The van der Waals surface area contributed by atoms with Crippen LogP contribution in [0.25, 0.3) is 0 Å². The van der Waals surface area contributed by atoms with Gasteiger partial charge in [-0.05, 0) is 109 Å². The lowest BCUT2D eigenvalue weighted by molar-refractivity contribution is -0.849. The maximum atomic E-state index is 12.7. The summed E-state index contributed by atoms with van der Waals surface area (Å²) in [7, 11) is 8.50. The Labute approximate surface area is 288 Å². The van der Waals surface area contributed by atoms with Crippen LogP contribution >= 0.6 is 35.3 Å². The number of benzene rings is 3. The molecule has 0 aromatic heterocycles. The number of aryl methyl sites for hydroxylation is 1. The van der Waals surface area contributed by atoms with Gasteiger partial charge in [0.25, 0.3) is 0 Å². The summed E-state index contributed by atoms with van der Waals surface area (Å²) in [5.41, 5.74) is 2.55. The van der Waals surface area contributed by atoms with Crippen LogP contribution in [0.4, 0.5) is 0 Å². The molecule has 4 nitrogen and oxygen atoms in total. The zero-order chi connectivity index (χ0) is 33.3. The van der Waals surface area contributed by atoms with Crippen LogP contribution < -0.4 is 0 Å². The predicted molar refractivity (Wildman–Crippen MR) is 204 cm³/mol. The molecule has 0 saturated carbocycles. The summed E-state index contributed by atoms with van der Waals surface area (Å²) in [6, 6.07) is 24.1. The standard InChI is InChI=1S/C16H23NOS.C9H10OS.C8H10S.C4H12N.CH4/c1-16(2,17-11-5-4-6-12-17)15(18)13-7-9-14(19-3)10-8-13;1-7(10)8-3-5-9(11-2)6-4-8;1-7-3-5-8(9-2)6-4-7;1-5(2,3)4;/h7-10H,4-6,11-12H2,1-3H3;3-6H,1-2H3;3-6H,1-2H3;1-4H3;1H4/q;;;+1;. The van der Waals surface area contributed by atoms with Gasteiger partial charge in [-0.1, -0.05) is 55.8 Å². The van der Waals surface area contributed by atoms with E-state index < -0.39 is 0 Å². The average Bonchev–Trinajstić information content (AvgIpc) is 3.01. The number of thioether (sulfide) groups is 3. The van der Waals surface area contributed by atoms with Gasteiger partial charge in [0, 0.05) is 25.8 Å². The number of Topliss-reactive ketones (excluding diaryl/α,β-unsaturated/α-hetero) is 2. The molecule has 7 heteroatoms. The summed E-state index contributed by atoms with van der Waals surface area (Å²) >= 11 is 5.16. The van der Waals surface area contributed by atoms with E-state index in [9.17, 15) is 9.59 Å². The second kappa shape index (κ2) is 21.7. The fourth-order valence-electron chi connectivity index (χ4n) is 4.19. The van der Waals surface area contributed by atoms with Gasteiger partial charge in [0.1, 0.15) is 0 Å². The van der Waals surface area contributed by atoms with Gasteiger partial charge in [-0.15, -0.1) is 35.3 Å². The van der Waals surface area contributed by atoms with Crippen LogP contribution in [0, 0.1) is 6.92 Å². The number of ketones is 2. The summed E-state index contributed by atoms with van der Waals surface area (Å²) in [4.78, 5) is 29.6. The lowest BCUT2D eigenvalue weighted by atomic mass is 9.89. The van der Waals surface area contributed by atoms with Crippen LogP contribution in [0.2, 0.25) is 0 Å². The topological polar surface area (TPSA) is 37.4 Å². The quantitative estimate of drug-likeness (QED) is 0.141. The molecule has 0 aliphatic carbocycles. The van der Waals surface area contributed by atoms with Gasteiger partial charge in [0.15, 0.2) is 11.6 Å². The third kappa shape index (κ3) is 17.5. The van der Waals surface area contributed by atoms with Gasteiger partial charge in [-0.2, -0.15) is 0 Å². The lowest BCUT2D eigenvalue weighted by Gasteiger charge is -2.39. The highest BCUT2D eigenvalue weighted by Gasteiger charge is 2.35. The van der Waals surface area contributed by atoms with Gasteiger partial charge in [0.2, 0.25) is 0 Å². The predicted octanol–water partition coefficient (Wildman–Crippen LogP) is 10.1. The molecule has 0 unspecified atom stereocenters. The van der Waals surface area contributed by atoms with Crippen molar-refractivity contribution >= 4 is 46.9 Å². The molecular weight excluding hydrogens is 613 g/mol. The highest BCUT2D eigenvalue weighted by atomic mass is 32.2. The second-order valence-electron chi connectivity index (χ2n) is 12.6. The number of hydrogen-bond acceptors (Lipinski definition) is 6. The largest absolute Gasteiger partial charge is 0.333 e. The van der Waals surface area contributed by atoms with Crippen molar-refractivity contribution in [3.8, 4) is 0 Å². The Balaban J connectivity index is 0.000000635. The van der Waals surface area contributed by atoms with Gasteiger partial charge in [0.05, 0.1) is 33.7 Å². The van der Waals surface area contributed by atoms with E-state index in [2.05, 4.69) is 90.6 Å². The first-order valence-electron chi connectivity index (χ1n) is 15.1. The Morgan fingerprint density at radius 2 is 0.978 bits per heavy atom. The van der Waals surface area contributed by atoms with Crippen molar-refractivity contribution in [2.45, 2.75) is 74.6 Å². The number of carbonyl (C=O) groups excluding carboxylic acids is 2. The first-order chi connectivity index (χ1) is 20.6. The Bertz CT molecular complexity index is 1240. The van der Waals surface area contributed by atoms with Crippen molar-refractivity contribution in [3.05, 3.63) is 89.5 Å². The fraction of sp³-hybridized carbons (Fsp3) is 0.474. The summed E-state index contributed by atoms with van der Waals surface area (Å²) in [5.74, 6) is 0.361. The van der Waals surface area contributed by atoms with Gasteiger partial charge < -0.3 is 4.48 Å². The van der Waals surface area contributed by atoms with Crippen molar-refractivity contribution in [1.29, 1.82) is 0 Å². The van der Waals surface area contributed by atoms with E-state index in [1.807, 2.05) is 54.8 Å². The second-order valence-corrected chi connectivity index (χ2v) is 15.3. The minimum absolute atomic E-state index is 0. The van der Waals surface area contributed by atoms with Crippen LogP contribution in [0.5, 0.6) is 0 Å². The highest BCUT2D eigenvalue weighted by molar-refractivity contribution is 7.99. The first-order valence-corrected chi connectivity index (χ1v) is 18.8. The molecule has 0 spiro atoms. The van der Waals surface area contributed by atoms with E-state index in [1.54, 1.807) is 42.2 Å². The van der Waals surface area contributed by atoms with Crippen LogP contribution in [0.15, 0.2) is 87.5 Å². The monoisotopic (exact) mass is 671 g/mol. The van der Waals surface area contributed by atoms with Crippen molar-refractivity contribution in [2.75, 3.05) is 60.0 Å². The van der Waals surface area contributed by atoms with E-state index in [1.165, 1.54) is 39.5 Å². The van der Waals surface area contributed by atoms with Gasteiger partial charge in [-0.25, -0.2) is 0 Å². The van der Waals surface area contributed by atoms with E-state index in [0.717, 1.165) is 28.7 Å². The van der Waals surface area contributed by atoms with Crippen molar-refractivity contribution in [3.63, 3.8) is 0 Å². The highest BCUT2D eigenvalue weighted by Crippen LogP contribution is 2.25. The number of quaternary nitrogens is 1. The molecule has 45 heavy (non-hydrogen) atoms. The molecule has 250 valence electrons. The molecule has 1 fully saturated rings. The normalized spacial score (nSPS) is 13.0. The third-order valence-electron chi connectivity index (χ3n) is 6.81. The molecule has 1 heterocycles. The molecule has 3 aromatic carbocycles. The zero-order valence-electron chi connectivity index (χ0n) is 28.9. The summed E-state index contributed by atoms with van der Waals surface area (Å²) < 4.78 is 1.00. The third-order valence-corrected chi connectivity index (χ3v) is 9.04. The molecule has 0 radical (unpaired) electrons.